The van der Waals surface area contributed by atoms with E-state index in [4.69, 9.17) is 15.0 Å². The second-order valence-electron chi connectivity index (χ2n) is 8.31. The van der Waals surface area contributed by atoms with Crippen molar-refractivity contribution in [3.63, 3.8) is 0 Å². The highest BCUT2D eigenvalue weighted by Crippen LogP contribution is 2.35. The highest BCUT2D eigenvalue weighted by atomic mass is 16.3. The Labute approximate surface area is 184 Å². The monoisotopic (exact) mass is 417 g/mol. The number of nitrogens with zero attached hydrogens (tertiary/aromatic N) is 4. The Hall–Kier alpha value is -2.99. The van der Waals surface area contributed by atoms with Gasteiger partial charge in [-0.15, -0.1) is 0 Å². The van der Waals surface area contributed by atoms with Gasteiger partial charge in [0.1, 0.15) is 11.6 Å². The molecule has 0 amide bonds. The molecule has 31 heavy (non-hydrogen) atoms. The number of aliphatic hydroxyl groups is 1. The second kappa shape index (κ2) is 8.63. The summed E-state index contributed by atoms with van der Waals surface area (Å²) in [5.41, 5.74) is 7.02. The van der Waals surface area contributed by atoms with Crippen molar-refractivity contribution < 1.29 is 5.11 Å². The average Bonchev–Trinajstić information content (AvgIpc) is 3.08. The molecule has 0 aliphatic heterocycles. The molecule has 2 atom stereocenters. The van der Waals surface area contributed by atoms with Gasteiger partial charge in [0.15, 0.2) is 0 Å². The molecule has 1 aliphatic carbocycles. The molecule has 162 valence electrons. The standard InChI is InChI=1S/C25H31N5O/c1-6-19-23(17-12-13-22(30(4)5)26-15(17)3)27-20(7-2)25(28-19)29-24-18-11-9-8-10-16(18)14-21(24)31/h8-13,21,24,31H,6-7,14H2,1-5H3,(H,28,29)/t21-,24+/m0/s1. The maximum atomic E-state index is 10.7. The van der Waals surface area contributed by atoms with E-state index in [2.05, 4.69) is 37.4 Å². The number of aromatic nitrogens is 3. The molecule has 0 saturated heterocycles. The molecule has 6 nitrogen and oxygen atoms in total. The summed E-state index contributed by atoms with van der Waals surface area (Å²) in [6, 6.07) is 12.1. The second-order valence-corrected chi connectivity index (χ2v) is 8.31. The largest absolute Gasteiger partial charge is 0.390 e. The van der Waals surface area contributed by atoms with Gasteiger partial charge in [-0.25, -0.2) is 15.0 Å². The van der Waals surface area contributed by atoms with Crippen LogP contribution in [0.3, 0.4) is 0 Å². The fourth-order valence-electron chi connectivity index (χ4n) is 4.27. The normalized spacial score (nSPS) is 17.5. The predicted molar refractivity (Wildman–Crippen MR) is 126 cm³/mol. The van der Waals surface area contributed by atoms with Crippen LogP contribution in [-0.4, -0.2) is 40.3 Å². The quantitative estimate of drug-likeness (QED) is 0.629. The number of aryl methyl sites for hydroxylation is 3. The number of rotatable bonds is 6. The molecule has 1 aliphatic rings. The summed E-state index contributed by atoms with van der Waals surface area (Å²) in [7, 11) is 3.98. The molecule has 2 N–H and O–H groups in total. The molecular formula is C25H31N5O. The maximum Gasteiger partial charge on any atom is 0.148 e. The number of benzene rings is 1. The van der Waals surface area contributed by atoms with Gasteiger partial charge in [0.25, 0.3) is 0 Å². The molecule has 0 radical (unpaired) electrons. The number of hydrogen-bond donors (Lipinski definition) is 2. The average molecular weight is 418 g/mol. The van der Waals surface area contributed by atoms with E-state index in [1.165, 1.54) is 5.56 Å². The molecule has 0 spiro atoms. The van der Waals surface area contributed by atoms with Gasteiger partial charge >= 0.3 is 0 Å². The third-order valence-corrected chi connectivity index (χ3v) is 5.99. The fourth-order valence-corrected chi connectivity index (χ4v) is 4.27. The Balaban J connectivity index is 1.74. The van der Waals surface area contributed by atoms with Crippen LogP contribution in [0.4, 0.5) is 11.6 Å². The molecule has 0 unspecified atom stereocenters. The first-order chi connectivity index (χ1) is 14.9. The Kier molecular flexibility index (Phi) is 5.92. The van der Waals surface area contributed by atoms with E-state index < -0.39 is 6.10 Å². The minimum Gasteiger partial charge on any atom is -0.390 e. The van der Waals surface area contributed by atoms with Crippen molar-refractivity contribution in [2.75, 3.05) is 24.3 Å². The van der Waals surface area contributed by atoms with Crippen LogP contribution in [0.15, 0.2) is 36.4 Å². The van der Waals surface area contributed by atoms with Crippen LogP contribution in [0.25, 0.3) is 11.3 Å². The van der Waals surface area contributed by atoms with Crippen LogP contribution >= 0.6 is 0 Å². The van der Waals surface area contributed by atoms with E-state index in [1.54, 1.807) is 0 Å². The summed E-state index contributed by atoms with van der Waals surface area (Å²) >= 11 is 0. The summed E-state index contributed by atoms with van der Waals surface area (Å²) < 4.78 is 0. The van der Waals surface area contributed by atoms with E-state index in [0.29, 0.717) is 6.42 Å². The molecular weight excluding hydrogens is 386 g/mol. The van der Waals surface area contributed by atoms with Gasteiger partial charge in [0.2, 0.25) is 0 Å². The van der Waals surface area contributed by atoms with Gasteiger partial charge < -0.3 is 15.3 Å². The van der Waals surface area contributed by atoms with Crippen LogP contribution in [0.2, 0.25) is 0 Å². The zero-order chi connectivity index (χ0) is 22.1. The first kappa shape index (κ1) is 21.2. The number of nitrogens with one attached hydrogen (secondary N) is 1. The number of hydrogen-bond acceptors (Lipinski definition) is 6. The lowest BCUT2D eigenvalue weighted by molar-refractivity contribution is 0.165. The first-order valence-corrected chi connectivity index (χ1v) is 11.0. The topological polar surface area (TPSA) is 74.2 Å². The molecule has 3 aromatic rings. The molecule has 1 aromatic carbocycles. The zero-order valence-corrected chi connectivity index (χ0v) is 19.0. The Morgan fingerprint density at radius 1 is 1.00 bits per heavy atom. The van der Waals surface area contributed by atoms with Crippen LogP contribution < -0.4 is 10.2 Å². The third-order valence-electron chi connectivity index (χ3n) is 5.99. The van der Waals surface area contributed by atoms with E-state index in [1.807, 2.05) is 44.1 Å². The van der Waals surface area contributed by atoms with Crippen molar-refractivity contribution in [1.29, 1.82) is 0 Å². The summed E-state index contributed by atoms with van der Waals surface area (Å²) in [4.78, 5) is 16.7. The minimum atomic E-state index is -0.473. The van der Waals surface area contributed by atoms with Crippen molar-refractivity contribution in [2.24, 2.45) is 0 Å². The summed E-state index contributed by atoms with van der Waals surface area (Å²) in [6.07, 6.45) is 1.70. The molecule has 4 rings (SSSR count). The third kappa shape index (κ3) is 4.00. The number of fused-ring (bicyclic) bond motifs is 1. The van der Waals surface area contributed by atoms with Crippen LogP contribution in [-0.2, 0) is 19.3 Å². The van der Waals surface area contributed by atoms with Crippen LogP contribution in [0.5, 0.6) is 0 Å². The molecule has 0 fully saturated rings. The number of pyridine rings is 1. The minimum absolute atomic E-state index is 0.172. The first-order valence-electron chi connectivity index (χ1n) is 11.0. The van der Waals surface area contributed by atoms with Gasteiger partial charge in [-0.3, -0.25) is 0 Å². The van der Waals surface area contributed by atoms with E-state index >= 15 is 0 Å². The van der Waals surface area contributed by atoms with Gasteiger partial charge in [-0.1, -0.05) is 38.1 Å². The van der Waals surface area contributed by atoms with Gasteiger partial charge in [-0.2, -0.15) is 0 Å². The van der Waals surface area contributed by atoms with Gasteiger partial charge in [0.05, 0.1) is 29.2 Å². The Morgan fingerprint density at radius 3 is 2.42 bits per heavy atom. The summed E-state index contributed by atoms with van der Waals surface area (Å²) in [6.45, 7) is 6.20. The van der Waals surface area contributed by atoms with Crippen LogP contribution in [0, 0.1) is 6.92 Å². The molecule has 2 aromatic heterocycles. The lowest BCUT2D eigenvalue weighted by Crippen LogP contribution is -2.23. The smallest absolute Gasteiger partial charge is 0.148 e. The van der Waals surface area contributed by atoms with E-state index in [9.17, 15) is 5.11 Å². The SMILES string of the molecule is CCc1nc(-c2ccc(N(C)C)nc2C)c(CC)nc1N[C@@H]1c2ccccc2C[C@@H]1O. The molecule has 6 heteroatoms. The maximum absolute atomic E-state index is 10.7. The zero-order valence-electron chi connectivity index (χ0n) is 19.0. The predicted octanol–water partition coefficient (Wildman–Crippen LogP) is 4.11. The fraction of sp³-hybridized carbons (Fsp3) is 0.400. The Bertz CT molecular complexity index is 1100. The van der Waals surface area contributed by atoms with Crippen molar-refractivity contribution in [3.8, 4) is 11.3 Å². The van der Waals surface area contributed by atoms with Gasteiger partial charge in [0, 0.05) is 31.8 Å². The lowest BCUT2D eigenvalue weighted by Gasteiger charge is -2.22. The highest BCUT2D eigenvalue weighted by molar-refractivity contribution is 5.67. The number of aliphatic hydroxyl groups excluding tert-OH is 1. The van der Waals surface area contributed by atoms with E-state index in [-0.39, 0.29) is 6.04 Å². The summed E-state index contributed by atoms with van der Waals surface area (Å²) in [5, 5.41) is 14.2. The van der Waals surface area contributed by atoms with Crippen LogP contribution in [0.1, 0.15) is 48.1 Å². The summed E-state index contributed by atoms with van der Waals surface area (Å²) in [5.74, 6) is 1.69. The Morgan fingerprint density at radius 2 is 1.74 bits per heavy atom. The molecule has 0 bridgehead atoms. The van der Waals surface area contributed by atoms with Crippen molar-refractivity contribution in [1.82, 2.24) is 15.0 Å². The lowest BCUT2D eigenvalue weighted by atomic mass is 10.1. The van der Waals surface area contributed by atoms with E-state index in [0.717, 1.165) is 58.4 Å². The highest BCUT2D eigenvalue weighted by Gasteiger charge is 2.31. The van der Waals surface area contributed by atoms with Gasteiger partial charge in [-0.05, 0) is 43.0 Å². The van der Waals surface area contributed by atoms with Crippen molar-refractivity contribution in [3.05, 3.63) is 64.6 Å². The molecule has 0 saturated carbocycles. The number of anilines is 2. The van der Waals surface area contributed by atoms with Crippen molar-refractivity contribution >= 4 is 11.6 Å². The molecule has 2 heterocycles. The van der Waals surface area contributed by atoms with Crippen molar-refractivity contribution in [2.45, 2.75) is 52.2 Å².